The molecule has 10 heteroatoms. The van der Waals surface area contributed by atoms with Gasteiger partial charge in [0.25, 0.3) is 0 Å². The van der Waals surface area contributed by atoms with Gasteiger partial charge in [-0.05, 0) is 35.1 Å². The molecule has 3 N–H and O–H groups in total. The van der Waals surface area contributed by atoms with E-state index in [-0.39, 0.29) is 16.6 Å². The molecule has 0 fully saturated rings. The van der Waals surface area contributed by atoms with Crippen LogP contribution in [0.25, 0.3) is 0 Å². The van der Waals surface area contributed by atoms with E-state index < -0.39 is 26.8 Å². The second-order valence-corrected chi connectivity index (χ2v) is 8.51. The standard InChI is InChI=1S/C13H16N2O6S2/c1-8(16)14-10-3-5-11(6-4-10)23(20,21)22-7-12(13(18)19)15-9(2)17/h3-6,12H,7H2,1-2H3,(H,14,16)(H,15,17)(H,18,19)/t12-/m0/s1. The Hall–Kier alpha value is -2.07. The number of carbonyl (C=O) groups is 3. The van der Waals surface area contributed by atoms with E-state index >= 15 is 0 Å². The Balaban J connectivity index is 2.80. The first-order chi connectivity index (χ1) is 10.6. The molecule has 1 atom stereocenters. The minimum atomic E-state index is -3.78. The first-order valence-electron chi connectivity index (χ1n) is 6.39. The average molecular weight is 360 g/mol. The number of nitrogens with one attached hydrogen (secondary N) is 2. The van der Waals surface area contributed by atoms with Crippen molar-refractivity contribution in [2.75, 3.05) is 11.1 Å². The summed E-state index contributed by atoms with van der Waals surface area (Å²) in [5.74, 6) is -2.49. The third-order valence-electron chi connectivity index (χ3n) is 2.53. The van der Waals surface area contributed by atoms with E-state index in [2.05, 4.69) is 10.6 Å². The molecule has 0 radical (unpaired) electrons. The Labute approximate surface area is 137 Å². The molecule has 0 aromatic heterocycles. The number of hydrogen-bond donors (Lipinski definition) is 3. The van der Waals surface area contributed by atoms with E-state index in [4.69, 9.17) is 5.11 Å². The van der Waals surface area contributed by atoms with Crippen molar-refractivity contribution in [1.29, 1.82) is 0 Å². The van der Waals surface area contributed by atoms with Crippen LogP contribution in [-0.2, 0) is 23.3 Å². The van der Waals surface area contributed by atoms with E-state index in [9.17, 15) is 22.8 Å². The van der Waals surface area contributed by atoms with Gasteiger partial charge in [-0.1, -0.05) is 0 Å². The minimum Gasteiger partial charge on any atom is -0.480 e. The van der Waals surface area contributed by atoms with Crippen LogP contribution in [0.15, 0.2) is 29.2 Å². The molecule has 0 bridgehead atoms. The lowest BCUT2D eigenvalue weighted by atomic mass is 10.3. The van der Waals surface area contributed by atoms with Crippen molar-refractivity contribution in [3.05, 3.63) is 24.3 Å². The van der Waals surface area contributed by atoms with Gasteiger partial charge in [0.2, 0.25) is 20.7 Å². The molecular weight excluding hydrogens is 344 g/mol. The average Bonchev–Trinajstić information content (AvgIpc) is 2.42. The van der Waals surface area contributed by atoms with Crippen molar-refractivity contribution in [3.8, 4) is 0 Å². The molecule has 0 saturated carbocycles. The lowest BCUT2D eigenvalue weighted by Crippen LogP contribution is -2.41. The molecular formula is C13H16N2O6S2. The number of amides is 2. The number of carboxylic acid groups (broad SMARTS) is 1. The highest BCUT2D eigenvalue weighted by atomic mass is 33.1. The molecule has 1 rings (SSSR count). The van der Waals surface area contributed by atoms with Gasteiger partial charge in [-0.2, -0.15) is 0 Å². The second-order valence-electron chi connectivity index (χ2n) is 4.54. The van der Waals surface area contributed by atoms with E-state index in [1.807, 2.05) is 0 Å². The SMILES string of the molecule is CC(=O)Nc1ccc(S(=O)(=O)SC[C@H](NC(C)=O)C(=O)O)cc1. The maximum atomic E-state index is 12.1. The highest BCUT2D eigenvalue weighted by Crippen LogP contribution is 2.25. The molecule has 0 spiro atoms. The molecule has 126 valence electrons. The first-order valence-corrected chi connectivity index (χ1v) is 9.37. The normalized spacial score (nSPS) is 12.3. The number of carbonyl (C=O) groups excluding carboxylic acids is 2. The van der Waals surface area contributed by atoms with Crippen LogP contribution in [0.4, 0.5) is 5.69 Å². The maximum absolute atomic E-state index is 12.1. The van der Waals surface area contributed by atoms with E-state index in [0.29, 0.717) is 16.5 Å². The van der Waals surface area contributed by atoms with Crippen molar-refractivity contribution in [1.82, 2.24) is 5.32 Å². The van der Waals surface area contributed by atoms with Crippen LogP contribution in [0.2, 0.25) is 0 Å². The van der Waals surface area contributed by atoms with Gasteiger partial charge in [-0.25, -0.2) is 13.2 Å². The highest BCUT2D eigenvalue weighted by molar-refractivity contribution is 8.72. The quantitative estimate of drug-likeness (QED) is 0.609. The van der Waals surface area contributed by atoms with Gasteiger partial charge in [0, 0.05) is 25.3 Å². The number of rotatable bonds is 7. The van der Waals surface area contributed by atoms with Crippen molar-refractivity contribution >= 4 is 43.1 Å². The Morgan fingerprint density at radius 3 is 2.13 bits per heavy atom. The van der Waals surface area contributed by atoms with Crippen LogP contribution in [0.5, 0.6) is 0 Å². The topological polar surface area (TPSA) is 130 Å². The number of benzene rings is 1. The maximum Gasteiger partial charge on any atom is 0.327 e. The zero-order chi connectivity index (χ0) is 17.6. The van der Waals surface area contributed by atoms with Crippen LogP contribution >= 0.6 is 10.8 Å². The summed E-state index contributed by atoms with van der Waals surface area (Å²) in [5, 5.41) is 13.6. The molecule has 2 amide bonds. The predicted molar refractivity (Wildman–Crippen MR) is 85.6 cm³/mol. The number of carboxylic acids is 1. The minimum absolute atomic E-state index is 0.0245. The fourth-order valence-electron chi connectivity index (χ4n) is 1.55. The highest BCUT2D eigenvalue weighted by Gasteiger charge is 2.23. The van der Waals surface area contributed by atoms with Crippen LogP contribution in [0.3, 0.4) is 0 Å². The van der Waals surface area contributed by atoms with Gasteiger partial charge in [-0.15, -0.1) is 0 Å². The summed E-state index contributed by atoms with van der Waals surface area (Å²) in [6.07, 6.45) is 0. The third-order valence-corrected chi connectivity index (χ3v) is 6.07. The Bertz CT molecular complexity index is 700. The first kappa shape index (κ1) is 19.0. The van der Waals surface area contributed by atoms with Crippen LogP contribution < -0.4 is 10.6 Å². The van der Waals surface area contributed by atoms with Gasteiger partial charge in [0.05, 0.1) is 4.90 Å². The van der Waals surface area contributed by atoms with Gasteiger partial charge in [0.1, 0.15) is 6.04 Å². The van der Waals surface area contributed by atoms with Crippen LogP contribution in [-0.4, -0.2) is 43.1 Å². The van der Waals surface area contributed by atoms with Crippen molar-refractivity contribution < 1.29 is 27.9 Å². The summed E-state index contributed by atoms with van der Waals surface area (Å²) in [5.41, 5.74) is 0.447. The molecule has 8 nitrogen and oxygen atoms in total. The van der Waals surface area contributed by atoms with Crippen LogP contribution in [0.1, 0.15) is 13.8 Å². The number of aliphatic carboxylic acids is 1. The van der Waals surface area contributed by atoms with Crippen LogP contribution in [0, 0.1) is 0 Å². The van der Waals surface area contributed by atoms with Crippen molar-refractivity contribution in [2.45, 2.75) is 24.8 Å². The molecule has 1 aromatic carbocycles. The molecule has 0 aliphatic heterocycles. The van der Waals surface area contributed by atoms with E-state index in [1.165, 1.54) is 31.2 Å². The summed E-state index contributed by atoms with van der Waals surface area (Å²) in [4.78, 5) is 32.8. The molecule has 23 heavy (non-hydrogen) atoms. The Morgan fingerprint density at radius 2 is 1.70 bits per heavy atom. The molecule has 1 aromatic rings. The summed E-state index contributed by atoms with van der Waals surface area (Å²) in [7, 11) is -3.36. The smallest absolute Gasteiger partial charge is 0.327 e. The predicted octanol–water partition coefficient (Wildman–Crippen LogP) is 0.656. The van der Waals surface area contributed by atoms with E-state index in [1.54, 1.807) is 0 Å². The summed E-state index contributed by atoms with van der Waals surface area (Å²) < 4.78 is 24.3. The zero-order valence-electron chi connectivity index (χ0n) is 12.4. The van der Waals surface area contributed by atoms with Gasteiger partial charge >= 0.3 is 5.97 Å². The number of anilines is 1. The van der Waals surface area contributed by atoms with Gasteiger partial charge in [-0.3, -0.25) is 9.59 Å². The molecule has 0 heterocycles. The van der Waals surface area contributed by atoms with Crippen molar-refractivity contribution in [2.24, 2.45) is 0 Å². The van der Waals surface area contributed by atoms with Gasteiger partial charge < -0.3 is 15.7 Å². The molecule has 0 saturated heterocycles. The summed E-state index contributed by atoms with van der Waals surface area (Å²) >= 11 is 0. The third kappa shape index (κ3) is 6.28. The Morgan fingerprint density at radius 1 is 1.13 bits per heavy atom. The van der Waals surface area contributed by atoms with Gasteiger partial charge in [0.15, 0.2) is 0 Å². The largest absolute Gasteiger partial charge is 0.480 e. The molecule has 0 aliphatic rings. The zero-order valence-corrected chi connectivity index (χ0v) is 14.0. The van der Waals surface area contributed by atoms with Crippen molar-refractivity contribution in [3.63, 3.8) is 0 Å². The Kier molecular flexibility index (Phi) is 6.58. The number of hydrogen-bond acceptors (Lipinski definition) is 6. The molecule has 0 unspecified atom stereocenters. The molecule has 0 aliphatic carbocycles. The fourth-order valence-corrected chi connectivity index (χ4v) is 4.39. The fraction of sp³-hybridized carbons (Fsp3) is 0.308. The second kappa shape index (κ2) is 7.97. The summed E-state index contributed by atoms with van der Waals surface area (Å²) in [6, 6.07) is 4.17. The lowest BCUT2D eigenvalue weighted by Gasteiger charge is -2.12. The monoisotopic (exact) mass is 360 g/mol. The van der Waals surface area contributed by atoms with E-state index in [0.717, 1.165) is 6.92 Å². The summed E-state index contributed by atoms with van der Waals surface area (Å²) in [6.45, 7) is 2.48. The lowest BCUT2D eigenvalue weighted by molar-refractivity contribution is -0.140.